The minimum absolute atomic E-state index is 0.119. The van der Waals surface area contributed by atoms with Gasteiger partial charge in [-0.05, 0) is 42.0 Å². The molecule has 2 heterocycles. The number of hydroxylamine groups is 1. The Balaban J connectivity index is 1.56. The van der Waals surface area contributed by atoms with E-state index in [1.807, 2.05) is 54.6 Å². The van der Waals surface area contributed by atoms with Gasteiger partial charge in [-0.1, -0.05) is 46.3 Å². The number of nitrogens with zero attached hydrogens (tertiary/aromatic N) is 3. The van der Waals surface area contributed by atoms with Crippen LogP contribution in [-0.4, -0.2) is 22.8 Å². The van der Waals surface area contributed by atoms with Crippen molar-refractivity contribution in [2.45, 2.75) is 12.1 Å². The van der Waals surface area contributed by atoms with Crippen molar-refractivity contribution in [3.63, 3.8) is 0 Å². The highest BCUT2D eigenvalue weighted by Gasteiger charge is 2.60. The van der Waals surface area contributed by atoms with E-state index in [0.717, 1.165) is 20.6 Å². The third-order valence-electron chi connectivity index (χ3n) is 5.64. The number of halogens is 1. The zero-order chi connectivity index (χ0) is 22.4. The van der Waals surface area contributed by atoms with Crippen LogP contribution < -0.4 is 9.96 Å². The van der Waals surface area contributed by atoms with Gasteiger partial charge in [-0.25, -0.2) is 9.96 Å². The molecular weight excluding hydrogens is 478 g/mol. The van der Waals surface area contributed by atoms with Crippen LogP contribution >= 0.6 is 15.9 Å². The summed E-state index contributed by atoms with van der Waals surface area (Å²) in [6.45, 7) is 0. The molecule has 0 N–H and O–H groups in total. The van der Waals surface area contributed by atoms with Crippen LogP contribution in [0.1, 0.15) is 11.6 Å². The summed E-state index contributed by atoms with van der Waals surface area (Å²) in [4.78, 5) is 44.3. The first-order chi connectivity index (χ1) is 15.5. The van der Waals surface area contributed by atoms with Crippen molar-refractivity contribution in [3.05, 3.63) is 99.0 Å². The molecular formula is C23H16BrN3O5. The molecule has 2 aliphatic rings. The number of para-hydroxylation sites is 1. The van der Waals surface area contributed by atoms with Crippen LogP contribution in [0.5, 0.6) is 0 Å². The van der Waals surface area contributed by atoms with Crippen molar-refractivity contribution in [2.75, 3.05) is 9.96 Å². The van der Waals surface area contributed by atoms with Gasteiger partial charge in [0.25, 0.3) is 11.6 Å². The molecule has 3 atom stereocenters. The Hall–Kier alpha value is -3.56. The second kappa shape index (κ2) is 7.85. The predicted molar refractivity (Wildman–Crippen MR) is 120 cm³/mol. The van der Waals surface area contributed by atoms with E-state index in [1.165, 1.54) is 24.3 Å². The number of imide groups is 1. The van der Waals surface area contributed by atoms with Crippen molar-refractivity contribution < 1.29 is 19.3 Å². The van der Waals surface area contributed by atoms with Gasteiger partial charge in [0.1, 0.15) is 5.92 Å². The van der Waals surface area contributed by atoms with Gasteiger partial charge in [0.2, 0.25) is 5.91 Å². The van der Waals surface area contributed by atoms with Gasteiger partial charge >= 0.3 is 0 Å². The number of nitro groups is 1. The molecule has 0 radical (unpaired) electrons. The fourth-order valence-corrected chi connectivity index (χ4v) is 4.64. The number of carbonyl (C=O) groups is 2. The zero-order valence-corrected chi connectivity index (χ0v) is 18.1. The van der Waals surface area contributed by atoms with Crippen LogP contribution in [0.2, 0.25) is 0 Å². The van der Waals surface area contributed by atoms with Crippen molar-refractivity contribution in [1.29, 1.82) is 0 Å². The lowest BCUT2D eigenvalue weighted by molar-refractivity contribution is -0.384. The zero-order valence-electron chi connectivity index (χ0n) is 16.5. The monoisotopic (exact) mass is 493 g/mol. The number of rotatable bonds is 4. The fourth-order valence-electron chi connectivity index (χ4n) is 4.22. The summed E-state index contributed by atoms with van der Waals surface area (Å²) < 4.78 is 0.843. The Morgan fingerprint density at radius 1 is 0.875 bits per heavy atom. The Bertz CT molecular complexity index is 1220. The summed E-state index contributed by atoms with van der Waals surface area (Å²) in [7, 11) is 0. The first-order valence-electron chi connectivity index (χ1n) is 9.84. The second-order valence-electron chi connectivity index (χ2n) is 7.50. The van der Waals surface area contributed by atoms with Crippen LogP contribution in [0, 0.1) is 16.0 Å². The Kier molecular flexibility index (Phi) is 4.99. The van der Waals surface area contributed by atoms with Crippen molar-refractivity contribution in [2.24, 2.45) is 5.92 Å². The molecule has 0 spiro atoms. The molecule has 2 amide bonds. The Morgan fingerprint density at radius 2 is 1.59 bits per heavy atom. The Morgan fingerprint density at radius 3 is 2.25 bits per heavy atom. The second-order valence-corrected chi connectivity index (χ2v) is 8.41. The minimum Gasteiger partial charge on any atom is -0.273 e. The average molecular weight is 494 g/mol. The largest absolute Gasteiger partial charge is 0.273 e. The van der Waals surface area contributed by atoms with Gasteiger partial charge < -0.3 is 0 Å². The molecule has 2 aliphatic heterocycles. The number of non-ortho nitro benzene ring substituents is 1. The normalized spacial score (nSPS) is 22.3. The summed E-state index contributed by atoms with van der Waals surface area (Å²) in [5, 5.41) is 12.6. The average Bonchev–Trinajstić information content (AvgIpc) is 3.30. The summed E-state index contributed by atoms with van der Waals surface area (Å²) in [6.07, 6.45) is -0.998. The van der Waals surface area contributed by atoms with Crippen LogP contribution in [0.15, 0.2) is 83.3 Å². The van der Waals surface area contributed by atoms with Crippen molar-refractivity contribution >= 4 is 44.8 Å². The van der Waals surface area contributed by atoms with Gasteiger partial charge in [-0.15, -0.1) is 0 Å². The minimum atomic E-state index is -0.998. The molecule has 0 aromatic heterocycles. The quantitative estimate of drug-likeness (QED) is 0.303. The number of anilines is 2. The molecule has 160 valence electrons. The van der Waals surface area contributed by atoms with E-state index in [2.05, 4.69) is 15.9 Å². The van der Waals surface area contributed by atoms with Gasteiger partial charge in [0.05, 0.1) is 22.3 Å². The molecule has 2 saturated heterocycles. The first kappa shape index (κ1) is 20.3. The number of nitro benzene ring substituents is 1. The summed E-state index contributed by atoms with van der Waals surface area (Å²) in [6, 6.07) is 21.7. The van der Waals surface area contributed by atoms with Crippen LogP contribution in [-0.2, 0) is 14.4 Å². The third-order valence-corrected chi connectivity index (χ3v) is 6.13. The molecule has 3 aromatic rings. The van der Waals surface area contributed by atoms with Crippen LogP contribution in [0.25, 0.3) is 0 Å². The van der Waals surface area contributed by atoms with Crippen LogP contribution in [0.3, 0.4) is 0 Å². The lowest BCUT2D eigenvalue weighted by Gasteiger charge is -2.28. The highest BCUT2D eigenvalue weighted by atomic mass is 79.9. The SMILES string of the molecule is O=C1[C@H]2[C@@H](ON(c3ccccc3)[C@H]2c2cccc(Br)c2)C(=O)N1c1ccc([N+](=O)[O-])cc1. The molecule has 9 heteroatoms. The number of carbonyl (C=O) groups excluding carboxylic acids is 2. The standard InChI is InChI=1S/C23H16BrN3O5/c24-15-6-4-5-14(13-15)20-19-21(32-26(20)17-7-2-1-3-8-17)23(29)25(22(19)28)16-9-11-18(12-10-16)27(30)31/h1-13,19-21H/t19-,20+,21-/m1/s1. The molecule has 2 fully saturated rings. The number of amides is 2. The maximum absolute atomic E-state index is 13.5. The first-order valence-corrected chi connectivity index (χ1v) is 10.6. The molecule has 0 aliphatic carbocycles. The molecule has 0 unspecified atom stereocenters. The van der Waals surface area contributed by atoms with E-state index in [4.69, 9.17) is 4.84 Å². The number of fused-ring (bicyclic) bond motifs is 1. The van der Waals surface area contributed by atoms with E-state index in [-0.39, 0.29) is 11.4 Å². The van der Waals surface area contributed by atoms with E-state index >= 15 is 0 Å². The van der Waals surface area contributed by atoms with E-state index < -0.39 is 34.8 Å². The molecule has 0 bridgehead atoms. The summed E-state index contributed by atoms with van der Waals surface area (Å²) >= 11 is 3.48. The maximum Gasteiger partial charge on any atom is 0.269 e. The third kappa shape index (κ3) is 3.26. The molecule has 5 rings (SSSR count). The summed E-state index contributed by atoms with van der Waals surface area (Å²) in [5.41, 5.74) is 1.71. The number of benzene rings is 3. The highest BCUT2D eigenvalue weighted by molar-refractivity contribution is 9.10. The Labute approximate surface area is 191 Å². The van der Waals surface area contributed by atoms with E-state index in [0.29, 0.717) is 0 Å². The van der Waals surface area contributed by atoms with E-state index in [1.54, 1.807) is 5.06 Å². The highest BCUT2D eigenvalue weighted by Crippen LogP contribution is 2.47. The van der Waals surface area contributed by atoms with Crippen molar-refractivity contribution in [3.8, 4) is 0 Å². The van der Waals surface area contributed by atoms with Gasteiger partial charge in [0.15, 0.2) is 6.10 Å². The van der Waals surface area contributed by atoms with E-state index in [9.17, 15) is 19.7 Å². The molecule has 32 heavy (non-hydrogen) atoms. The molecule has 3 aromatic carbocycles. The van der Waals surface area contributed by atoms with Gasteiger partial charge in [-0.2, -0.15) is 0 Å². The lowest BCUT2D eigenvalue weighted by atomic mass is 9.90. The molecule has 0 saturated carbocycles. The smallest absolute Gasteiger partial charge is 0.269 e. The maximum atomic E-state index is 13.5. The number of hydrogen-bond donors (Lipinski definition) is 0. The lowest BCUT2D eigenvalue weighted by Crippen LogP contribution is -2.37. The topological polar surface area (TPSA) is 93.0 Å². The summed E-state index contributed by atoms with van der Waals surface area (Å²) in [5.74, 6) is -1.67. The van der Waals surface area contributed by atoms with Crippen molar-refractivity contribution in [1.82, 2.24) is 0 Å². The predicted octanol–water partition coefficient (Wildman–Crippen LogP) is 4.41. The number of hydrogen-bond acceptors (Lipinski definition) is 6. The van der Waals surface area contributed by atoms with Gasteiger partial charge in [-0.3, -0.25) is 24.5 Å². The van der Waals surface area contributed by atoms with Crippen LogP contribution in [0.4, 0.5) is 17.1 Å². The molecule has 8 nitrogen and oxygen atoms in total. The fraction of sp³-hybridized carbons (Fsp3) is 0.130. The van der Waals surface area contributed by atoms with Gasteiger partial charge in [0, 0.05) is 16.6 Å².